The van der Waals surface area contributed by atoms with Crippen molar-refractivity contribution in [2.75, 3.05) is 23.0 Å². The van der Waals surface area contributed by atoms with Crippen LogP contribution in [0.5, 0.6) is 5.75 Å². The fourth-order valence-electron chi connectivity index (χ4n) is 3.03. The first-order chi connectivity index (χ1) is 13.6. The quantitative estimate of drug-likeness (QED) is 0.650. The molecule has 0 aromatic heterocycles. The Bertz CT molecular complexity index is 959. The molecule has 0 spiro atoms. The number of nitrogens with one attached hydrogen (secondary N) is 1. The number of anilines is 2. The number of carbonyl (C=O) groups excluding carboxylic acids is 1. The molecule has 2 aromatic carbocycles. The number of ether oxygens (including phenoxy) is 1. The first-order valence-corrected chi connectivity index (χ1v) is 11.5. The smallest absolute Gasteiger partial charge is 0.248 e. The van der Waals surface area contributed by atoms with Crippen LogP contribution in [-0.4, -0.2) is 33.7 Å². The number of amides is 1. The fourth-order valence-corrected chi connectivity index (χ4v) is 4.49. The van der Waals surface area contributed by atoms with Crippen molar-refractivity contribution in [3.05, 3.63) is 53.1 Å². The summed E-state index contributed by atoms with van der Waals surface area (Å²) in [5.41, 5.74) is 2.06. The van der Waals surface area contributed by atoms with E-state index in [9.17, 15) is 13.2 Å². The second kappa shape index (κ2) is 9.50. The maximum Gasteiger partial charge on any atom is 0.248 e. The van der Waals surface area contributed by atoms with Gasteiger partial charge < -0.3 is 10.1 Å². The Morgan fingerprint density at radius 1 is 1.17 bits per heavy atom. The van der Waals surface area contributed by atoms with E-state index >= 15 is 0 Å². The lowest BCUT2D eigenvalue weighted by Gasteiger charge is -2.30. The SMILES string of the molecule is CC[C@H](C(=O)Nc1ccc(C(C)C)cc1)N(c1ccc(OC)c(Cl)c1)S(C)(=O)=O. The van der Waals surface area contributed by atoms with Gasteiger partial charge in [-0.15, -0.1) is 0 Å². The molecule has 29 heavy (non-hydrogen) atoms. The van der Waals surface area contributed by atoms with E-state index in [2.05, 4.69) is 19.2 Å². The molecule has 8 heteroatoms. The minimum Gasteiger partial charge on any atom is -0.495 e. The van der Waals surface area contributed by atoms with Gasteiger partial charge in [-0.3, -0.25) is 9.10 Å². The van der Waals surface area contributed by atoms with E-state index in [1.807, 2.05) is 24.3 Å². The van der Waals surface area contributed by atoms with E-state index in [1.165, 1.54) is 13.2 Å². The molecule has 0 unspecified atom stereocenters. The summed E-state index contributed by atoms with van der Waals surface area (Å²) in [6.45, 7) is 5.94. The summed E-state index contributed by atoms with van der Waals surface area (Å²) in [6.07, 6.45) is 1.35. The number of hydrogen-bond donors (Lipinski definition) is 1. The number of benzene rings is 2. The molecule has 1 amide bonds. The van der Waals surface area contributed by atoms with Crippen LogP contribution in [0.3, 0.4) is 0 Å². The molecule has 1 N–H and O–H groups in total. The van der Waals surface area contributed by atoms with Gasteiger partial charge in [0.1, 0.15) is 11.8 Å². The summed E-state index contributed by atoms with van der Waals surface area (Å²) >= 11 is 6.17. The standard InChI is InChI=1S/C21H27ClN2O4S/c1-6-19(21(25)23-16-9-7-15(8-10-16)14(2)3)24(29(5,26)27)17-11-12-20(28-4)18(22)13-17/h7-14,19H,6H2,1-5H3,(H,23,25)/t19-/m1/s1. The Morgan fingerprint density at radius 2 is 1.79 bits per heavy atom. The van der Waals surface area contributed by atoms with Crippen molar-refractivity contribution in [3.8, 4) is 5.75 Å². The van der Waals surface area contributed by atoms with Crippen LogP contribution in [-0.2, 0) is 14.8 Å². The Balaban J connectivity index is 2.35. The van der Waals surface area contributed by atoms with Crippen molar-refractivity contribution >= 4 is 38.9 Å². The Morgan fingerprint density at radius 3 is 2.24 bits per heavy atom. The zero-order valence-corrected chi connectivity index (χ0v) is 18.8. The maximum atomic E-state index is 13.0. The van der Waals surface area contributed by atoms with Gasteiger partial charge >= 0.3 is 0 Å². The molecule has 0 heterocycles. The highest BCUT2D eigenvalue weighted by Gasteiger charge is 2.32. The van der Waals surface area contributed by atoms with Gasteiger partial charge in [-0.25, -0.2) is 8.42 Å². The lowest BCUT2D eigenvalue weighted by atomic mass is 10.0. The first-order valence-electron chi connectivity index (χ1n) is 9.32. The third-order valence-corrected chi connectivity index (χ3v) is 6.04. The summed E-state index contributed by atoms with van der Waals surface area (Å²) in [4.78, 5) is 13.0. The van der Waals surface area contributed by atoms with E-state index in [0.717, 1.165) is 16.1 Å². The first kappa shape index (κ1) is 23.0. The largest absolute Gasteiger partial charge is 0.495 e. The predicted molar refractivity (Wildman–Crippen MR) is 119 cm³/mol. The van der Waals surface area contributed by atoms with Crippen molar-refractivity contribution < 1.29 is 17.9 Å². The topological polar surface area (TPSA) is 75.7 Å². The molecule has 1 atom stereocenters. The van der Waals surface area contributed by atoms with Crippen molar-refractivity contribution in [3.63, 3.8) is 0 Å². The van der Waals surface area contributed by atoms with Gasteiger partial charge in [0, 0.05) is 5.69 Å². The average Bonchev–Trinajstić information content (AvgIpc) is 2.65. The molecule has 0 saturated heterocycles. The summed E-state index contributed by atoms with van der Waals surface area (Å²) in [5, 5.41) is 3.08. The summed E-state index contributed by atoms with van der Waals surface area (Å²) in [7, 11) is -2.27. The average molecular weight is 439 g/mol. The van der Waals surface area contributed by atoms with E-state index in [-0.39, 0.29) is 11.4 Å². The maximum absolute atomic E-state index is 13.0. The molecular weight excluding hydrogens is 412 g/mol. The molecule has 0 aliphatic carbocycles. The highest BCUT2D eigenvalue weighted by Crippen LogP contribution is 2.32. The number of nitrogens with zero attached hydrogens (tertiary/aromatic N) is 1. The monoisotopic (exact) mass is 438 g/mol. The Kier molecular flexibility index (Phi) is 7.54. The third-order valence-electron chi connectivity index (χ3n) is 4.56. The molecule has 0 radical (unpaired) electrons. The zero-order valence-electron chi connectivity index (χ0n) is 17.3. The van der Waals surface area contributed by atoms with E-state index in [1.54, 1.807) is 19.1 Å². The summed E-state index contributed by atoms with van der Waals surface area (Å²) < 4.78 is 31.3. The number of halogens is 1. The van der Waals surface area contributed by atoms with E-state index < -0.39 is 22.0 Å². The van der Waals surface area contributed by atoms with Crippen molar-refractivity contribution in [1.82, 2.24) is 0 Å². The molecule has 2 aromatic rings. The second-order valence-electron chi connectivity index (χ2n) is 7.07. The third kappa shape index (κ3) is 5.64. The molecule has 0 aliphatic heterocycles. The van der Waals surface area contributed by atoms with Gasteiger partial charge in [0.25, 0.3) is 0 Å². The molecular formula is C21H27ClN2O4S. The van der Waals surface area contributed by atoms with Crippen LogP contribution in [0.2, 0.25) is 5.02 Å². The van der Waals surface area contributed by atoms with Gasteiger partial charge in [-0.2, -0.15) is 0 Å². The molecule has 6 nitrogen and oxygen atoms in total. The van der Waals surface area contributed by atoms with Crippen LogP contribution in [0, 0.1) is 0 Å². The van der Waals surface area contributed by atoms with E-state index in [4.69, 9.17) is 16.3 Å². The summed E-state index contributed by atoms with van der Waals surface area (Å²) in [6, 6.07) is 11.2. The minimum atomic E-state index is -3.75. The Labute approximate surface area is 177 Å². The zero-order chi connectivity index (χ0) is 21.8. The number of carbonyl (C=O) groups is 1. The highest BCUT2D eigenvalue weighted by atomic mass is 35.5. The second-order valence-corrected chi connectivity index (χ2v) is 9.33. The number of rotatable bonds is 8. The van der Waals surface area contributed by atoms with Crippen LogP contribution < -0.4 is 14.4 Å². The fraction of sp³-hybridized carbons (Fsp3) is 0.381. The van der Waals surface area contributed by atoms with Gasteiger partial charge in [0.15, 0.2) is 0 Å². The number of hydrogen-bond acceptors (Lipinski definition) is 4. The highest BCUT2D eigenvalue weighted by molar-refractivity contribution is 7.92. The number of methoxy groups -OCH3 is 1. The normalized spacial score (nSPS) is 12.5. The summed E-state index contributed by atoms with van der Waals surface area (Å²) in [5.74, 6) is 0.387. The van der Waals surface area contributed by atoms with Crippen molar-refractivity contribution in [2.45, 2.75) is 39.2 Å². The van der Waals surface area contributed by atoms with Gasteiger partial charge in [-0.05, 0) is 48.2 Å². The van der Waals surface area contributed by atoms with Gasteiger partial charge in [0.05, 0.1) is 24.1 Å². The predicted octanol–water partition coefficient (Wildman–Crippen LogP) is 4.66. The Hall–Kier alpha value is -2.25. The lowest BCUT2D eigenvalue weighted by Crippen LogP contribution is -2.47. The molecule has 2 rings (SSSR count). The molecule has 0 bridgehead atoms. The molecule has 158 valence electrons. The van der Waals surface area contributed by atoms with Crippen LogP contribution in [0.15, 0.2) is 42.5 Å². The van der Waals surface area contributed by atoms with Crippen molar-refractivity contribution in [1.29, 1.82) is 0 Å². The lowest BCUT2D eigenvalue weighted by molar-refractivity contribution is -0.117. The van der Waals surface area contributed by atoms with Crippen LogP contribution >= 0.6 is 11.6 Å². The van der Waals surface area contributed by atoms with Gasteiger partial charge in [0.2, 0.25) is 15.9 Å². The molecule has 0 fully saturated rings. The van der Waals surface area contributed by atoms with Crippen LogP contribution in [0.4, 0.5) is 11.4 Å². The van der Waals surface area contributed by atoms with Crippen LogP contribution in [0.1, 0.15) is 38.7 Å². The molecule has 0 aliphatic rings. The van der Waals surface area contributed by atoms with Gasteiger partial charge in [-0.1, -0.05) is 44.5 Å². The van der Waals surface area contributed by atoms with Crippen LogP contribution in [0.25, 0.3) is 0 Å². The minimum absolute atomic E-state index is 0.262. The van der Waals surface area contributed by atoms with E-state index in [0.29, 0.717) is 23.0 Å². The number of sulfonamides is 1. The molecule has 0 saturated carbocycles. The van der Waals surface area contributed by atoms with Crippen molar-refractivity contribution in [2.24, 2.45) is 0 Å².